The summed E-state index contributed by atoms with van der Waals surface area (Å²) in [6.45, 7) is 12.5. The average Bonchev–Trinajstić information content (AvgIpc) is 3.21. The van der Waals surface area contributed by atoms with Gasteiger partial charge in [-0.1, -0.05) is 65.5 Å². The molecule has 4 aliphatic carbocycles. The SMILES string of the molecule is CC(C)CCC[C@@H](C)[C@H]1CC[C@H]2[C@@H]3CC=C4C[C@@H](O[C@@H]5OC[C@H](O)[C@@H](O)[C@@H]5O)CC[C@]4(C)[C@H]3CC[C@]12C. The molecule has 1 heterocycles. The summed E-state index contributed by atoms with van der Waals surface area (Å²) < 4.78 is 11.7. The summed E-state index contributed by atoms with van der Waals surface area (Å²) in [5.41, 5.74) is 2.32. The molecule has 1 aliphatic heterocycles. The van der Waals surface area contributed by atoms with Crippen molar-refractivity contribution in [2.45, 2.75) is 136 Å². The second kappa shape index (κ2) is 10.8. The Labute approximate surface area is 225 Å². The summed E-state index contributed by atoms with van der Waals surface area (Å²) in [4.78, 5) is 0. The second-order valence-corrected chi connectivity index (χ2v) is 14.5. The number of allylic oxidation sites excluding steroid dienone is 1. The molecule has 0 amide bonds. The first kappa shape index (κ1) is 28.1. The van der Waals surface area contributed by atoms with Crippen molar-refractivity contribution in [2.24, 2.45) is 46.3 Å². The molecule has 0 bridgehead atoms. The van der Waals surface area contributed by atoms with Crippen LogP contribution in [0, 0.1) is 46.3 Å². The Bertz CT molecular complexity index is 826. The first-order valence-electron chi connectivity index (χ1n) is 15.6. The molecule has 0 aromatic carbocycles. The van der Waals surface area contributed by atoms with E-state index in [1.165, 1.54) is 51.4 Å². The molecule has 3 N–H and O–H groups in total. The van der Waals surface area contributed by atoms with Crippen LogP contribution in [0.15, 0.2) is 11.6 Å². The molecule has 5 rings (SSSR count). The van der Waals surface area contributed by atoms with Crippen LogP contribution in [0.5, 0.6) is 0 Å². The third-order valence-electron chi connectivity index (χ3n) is 12.0. The lowest BCUT2D eigenvalue weighted by Gasteiger charge is -2.58. The topological polar surface area (TPSA) is 79.2 Å². The minimum atomic E-state index is -1.22. The molecule has 1 saturated heterocycles. The lowest BCUT2D eigenvalue weighted by atomic mass is 9.47. The smallest absolute Gasteiger partial charge is 0.186 e. The number of rotatable bonds is 7. The van der Waals surface area contributed by atoms with Gasteiger partial charge >= 0.3 is 0 Å². The van der Waals surface area contributed by atoms with Gasteiger partial charge in [-0.3, -0.25) is 0 Å². The van der Waals surface area contributed by atoms with E-state index in [-0.39, 0.29) is 18.1 Å². The molecule has 0 spiro atoms. The zero-order valence-electron chi connectivity index (χ0n) is 24.1. The summed E-state index contributed by atoms with van der Waals surface area (Å²) in [6.07, 6.45) is 12.2. The highest BCUT2D eigenvalue weighted by molar-refractivity contribution is 5.25. The number of aliphatic hydroxyl groups excluding tert-OH is 3. The zero-order valence-corrected chi connectivity index (χ0v) is 24.1. The van der Waals surface area contributed by atoms with E-state index in [9.17, 15) is 15.3 Å². The second-order valence-electron chi connectivity index (χ2n) is 14.5. The first-order valence-corrected chi connectivity index (χ1v) is 15.6. The van der Waals surface area contributed by atoms with Gasteiger partial charge in [0.15, 0.2) is 6.29 Å². The predicted molar refractivity (Wildman–Crippen MR) is 146 cm³/mol. The fourth-order valence-corrected chi connectivity index (χ4v) is 9.86. The minimum absolute atomic E-state index is 0.00271. The van der Waals surface area contributed by atoms with E-state index in [0.29, 0.717) is 5.41 Å². The lowest BCUT2D eigenvalue weighted by Crippen LogP contribution is -2.55. The van der Waals surface area contributed by atoms with Crippen LogP contribution < -0.4 is 0 Å². The standard InChI is InChI=1S/C32H54O5/c1-19(2)7-6-8-20(3)24-11-12-25-23-10-9-21-17-22(37-30-29(35)28(34)27(33)18-36-30)13-15-31(21,4)26(23)14-16-32(24,25)5/h9,19-20,22-30,33-35H,6-8,10-18H2,1-5H3/t20-,22+,23+,24-,25+,26+,27+,28-,29+,30+,31+,32-/m1/s1. The van der Waals surface area contributed by atoms with Crippen molar-refractivity contribution in [3.05, 3.63) is 11.6 Å². The van der Waals surface area contributed by atoms with Crippen molar-refractivity contribution in [2.75, 3.05) is 6.61 Å². The Hall–Kier alpha value is -0.460. The minimum Gasteiger partial charge on any atom is -0.388 e. The van der Waals surface area contributed by atoms with Crippen LogP contribution in [0.1, 0.15) is 105 Å². The molecule has 37 heavy (non-hydrogen) atoms. The van der Waals surface area contributed by atoms with Gasteiger partial charge in [0.05, 0.1) is 12.7 Å². The van der Waals surface area contributed by atoms with E-state index < -0.39 is 24.6 Å². The van der Waals surface area contributed by atoms with Crippen molar-refractivity contribution in [3.63, 3.8) is 0 Å². The maximum absolute atomic E-state index is 10.3. The summed E-state index contributed by atoms with van der Waals surface area (Å²) in [6, 6.07) is 0. The molecule has 12 atom stereocenters. The van der Waals surface area contributed by atoms with Crippen LogP contribution in [-0.4, -0.2) is 52.6 Å². The number of ether oxygens (including phenoxy) is 2. The van der Waals surface area contributed by atoms with Gasteiger partial charge in [-0.15, -0.1) is 0 Å². The molecule has 4 fully saturated rings. The fraction of sp³-hybridized carbons (Fsp3) is 0.938. The lowest BCUT2D eigenvalue weighted by molar-refractivity contribution is -0.284. The van der Waals surface area contributed by atoms with E-state index in [1.807, 2.05) is 0 Å². The van der Waals surface area contributed by atoms with Crippen LogP contribution in [0.3, 0.4) is 0 Å². The van der Waals surface area contributed by atoms with Crippen molar-refractivity contribution >= 4 is 0 Å². The molecule has 5 aliphatic rings. The predicted octanol–water partition coefficient (Wildman–Crippen LogP) is 5.85. The van der Waals surface area contributed by atoms with E-state index in [0.717, 1.165) is 54.8 Å². The van der Waals surface area contributed by atoms with E-state index >= 15 is 0 Å². The number of fused-ring (bicyclic) bond motifs is 5. The number of hydrogen-bond acceptors (Lipinski definition) is 5. The summed E-state index contributed by atoms with van der Waals surface area (Å²) in [7, 11) is 0. The number of hydrogen-bond donors (Lipinski definition) is 3. The maximum atomic E-state index is 10.3. The van der Waals surface area contributed by atoms with Crippen LogP contribution >= 0.6 is 0 Å². The van der Waals surface area contributed by atoms with Crippen molar-refractivity contribution in [1.82, 2.24) is 0 Å². The number of aliphatic hydroxyl groups is 3. The fourth-order valence-electron chi connectivity index (χ4n) is 9.86. The van der Waals surface area contributed by atoms with Crippen molar-refractivity contribution < 1.29 is 24.8 Å². The Kier molecular flexibility index (Phi) is 8.23. The zero-order chi connectivity index (χ0) is 26.5. The molecule has 212 valence electrons. The van der Waals surface area contributed by atoms with E-state index in [1.54, 1.807) is 5.57 Å². The first-order chi connectivity index (χ1) is 17.5. The Balaban J connectivity index is 1.24. The normalized spacial score (nSPS) is 48.7. The van der Waals surface area contributed by atoms with Gasteiger partial charge in [-0.25, -0.2) is 0 Å². The van der Waals surface area contributed by atoms with E-state index in [2.05, 4.69) is 40.7 Å². The van der Waals surface area contributed by atoms with Gasteiger partial charge in [-0.2, -0.15) is 0 Å². The van der Waals surface area contributed by atoms with Crippen LogP contribution in [0.2, 0.25) is 0 Å². The molecule has 0 unspecified atom stereocenters. The third-order valence-corrected chi connectivity index (χ3v) is 12.0. The maximum Gasteiger partial charge on any atom is 0.186 e. The van der Waals surface area contributed by atoms with Gasteiger partial charge < -0.3 is 24.8 Å². The van der Waals surface area contributed by atoms with Crippen LogP contribution in [-0.2, 0) is 9.47 Å². The molecular formula is C32H54O5. The Morgan fingerprint density at radius 1 is 0.973 bits per heavy atom. The molecule has 5 nitrogen and oxygen atoms in total. The van der Waals surface area contributed by atoms with Gasteiger partial charge in [0, 0.05) is 0 Å². The van der Waals surface area contributed by atoms with Gasteiger partial charge in [0.25, 0.3) is 0 Å². The highest BCUT2D eigenvalue weighted by atomic mass is 16.7. The molecule has 0 radical (unpaired) electrons. The highest BCUT2D eigenvalue weighted by Gasteiger charge is 2.59. The summed E-state index contributed by atoms with van der Waals surface area (Å²) >= 11 is 0. The van der Waals surface area contributed by atoms with Gasteiger partial charge in [0.1, 0.15) is 18.3 Å². The largest absolute Gasteiger partial charge is 0.388 e. The Morgan fingerprint density at radius 2 is 1.76 bits per heavy atom. The third kappa shape index (κ3) is 5.10. The molecule has 0 aromatic rings. The quantitative estimate of drug-likeness (QED) is 0.368. The molecule has 0 aromatic heterocycles. The van der Waals surface area contributed by atoms with Gasteiger partial charge in [0.2, 0.25) is 0 Å². The van der Waals surface area contributed by atoms with Crippen LogP contribution in [0.4, 0.5) is 0 Å². The van der Waals surface area contributed by atoms with Crippen molar-refractivity contribution in [1.29, 1.82) is 0 Å². The van der Waals surface area contributed by atoms with Crippen LogP contribution in [0.25, 0.3) is 0 Å². The summed E-state index contributed by atoms with van der Waals surface area (Å²) in [5.74, 6) is 5.02. The Morgan fingerprint density at radius 3 is 2.51 bits per heavy atom. The average molecular weight is 519 g/mol. The molecule has 5 heteroatoms. The molecule has 3 saturated carbocycles. The summed E-state index contributed by atoms with van der Waals surface area (Å²) in [5, 5.41) is 30.1. The van der Waals surface area contributed by atoms with E-state index in [4.69, 9.17) is 9.47 Å². The van der Waals surface area contributed by atoms with Gasteiger partial charge in [-0.05, 0) is 97.7 Å². The highest BCUT2D eigenvalue weighted by Crippen LogP contribution is 2.67. The van der Waals surface area contributed by atoms with Crippen molar-refractivity contribution in [3.8, 4) is 0 Å². The molecular weight excluding hydrogens is 464 g/mol. The monoisotopic (exact) mass is 518 g/mol.